The zero-order chi connectivity index (χ0) is 13.1. The molecule has 0 fully saturated rings. The van der Waals surface area contributed by atoms with Crippen LogP contribution in [0.15, 0.2) is 34.1 Å². The summed E-state index contributed by atoms with van der Waals surface area (Å²) in [6.07, 6.45) is 0.852. The summed E-state index contributed by atoms with van der Waals surface area (Å²) >= 11 is 4.84. The molecule has 1 heterocycles. The van der Waals surface area contributed by atoms with Crippen molar-refractivity contribution in [3.63, 3.8) is 0 Å². The molecule has 1 aromatic heterocycles. The van der Waals surface area contributed by atoms with Crippen molar-refractivity contribution in [2.24, 2.45) is 0 Å². The number of amides is 1. The number of carbonyl (C=O) groups excluding carboxylic acids is 1. The molecule has 0 bridgehead atoms. The van der Waals surface area contributed by atoms with Gasteiger partial charge in [-0.3, -0.25) is 4.79 Å². The topological polar surface area (TPSA) is 55.1 Å². The Kier molecular flexibility index (Phi) is 4.04. The van der Waals surface area contributed by atoms with Crippen LogP contribution >= 0.6 is 27.3 Å². The molecule has 1 amide bonds. The lowest BCUT2D eigenvalue weighted by Gasteiger charge is -2.08. The zero-order valence-corrected chi connectivity index (χ0v) is 12.3. The van der Waals surface area contributed by atoms with Gasteiger partial charge in [-0.1, -0.05) is 6.92 Å². The Bertz CT molecular complexity index is 580. The van der Waals surface area contributed by atoms with Gasteiger partial charge >= 0.3 is 0 Å². The minimum absolute atomic E-state index is 0.0897. The molecule has 0 aliphatic heterocycles. The molecule has 3 N–H and O–H groups in total. The van der Waals surface area contributed by atoms with E-state index in [1.807, 2.05) is 24.4 Å². The quantitative estimate of drug-likeness (QED) is 0.841. The number of benzene rings is 1. The van der Waals surface area contributed by atoms with Gasteiger partial charge in [-0.25, -0.2) is 0 Å². The summed E-state index contributed by atoms with van der Waals surface area (Å²) in [7, 11) is 0. The van der Waals surface area contributed by atoms with Gasteiger partial charge in [-0.15, -0.1) is 11.3 Å². The number of nitrogens with two attached hydrogens (primary N) is 1. The van der Waals surface area contributed by atoms with Gasteiger partial charge in [0.05, 0.1) is 10.6 Å². The summed E-state index contributed by atoms with van der Waals surface area (Å²) in [5.41, 5.74) is 8.09. The van der Waals surface area contributed by atoms with Crippen molar-refractivity contribution < 1.29 is 4.79 Å². The van der Waals surface area contributed by atoms with E-state index in [9.17, 15) is 4.79 Å². The van der Waals surface area contributed by atoms with Gasteiger partial charge in [0.2, 0.25) is 0 Å². The molecule has 94 valence electrons. The number of thiophene rings is 1. The highest BCUT2D eigenvalue weighted by molar-refractivity contribution is 9.10. The monoisotopic (exact) mass is 324 g/mol. The van der Waals surface area contributed by atoms with Gasteiger partial charge in [0.25, 0.3) is 5.91 Å². The number of nitrogen functional groups attached to an aromatic ring is 1. The molecule has 18 heavy (non-hydrogen) atoms. The largest absolute Gasteiger partial charge is 0.399 e. The van der Waals surface area contributed by atoms with E-state index in [-0.39, 0.29) is 5.91 Å². The van der Waals surface area contributed by atoms with Crippen LogP contribution < -0.4 is 11.1 Å². The first-order valence-electron chi connectivity index (χ1n) is 5.54. The van der Waals surface area contributed by atoms with Gasteiger partial charge < -0.3 is 11.1 Å². The zero-order valence-electron chi connectivity index (χ0n) is 9.87. The average molecular weight is 325 g/mol. The Hall–Kier alpha value is -1.33. The van der Waals surface area contributed by atoms with Crippen LogP contribution in [0.1, 0.15) is 22.2 Å². The Balaban J connectivity index is 2.24. The van der Waals surface area contributed by atoms with Crippen LogP contribution in [-0.4, -0.2) is 5.91 Å². The number of halogens is 1. The number of anilines is 2. The van der Waals surface area contributed by atoms with E-state index >= 15 is 0 Å². The normalized spacial score (nSPS) is 10.3. The predicted molar refractivity (Wildman–Crippen MR) is 80.2 cm³/mol. The third-order valence-electron chi connectivity index (χ3n) is 2.57. The number of carbonyl (C=O) groups is 1. The number of nitrogens with one attached hydrogen (secondary N) is 1. The maximum absolute atomic E-state index is 12.2. The Morgan fingerprint density at radius 1 is 1.44 bits per heavy atom. The SMILES string of the molecule is CCc1ccsc1C(=O)Nc1cc(N)ccc1Br. The Morgan fingerprint density at radius 2 is 2.22 bits per heavy atom. The molecule has 3 nitrogen and oxygen atoms in total. The van der Waals surface area contributed by atoms with Crippen molar-refractivity contribution >= 4 is 44.5 Å². The summed E-state index contributed by atoms with van der Waals surface area (Å²) in [4.78, 5) is 12.9. The Morgan fingerprint density at radius 3 is 2.94 bits per heavy atom. The van der Waals surface area contributed by atoms with Gasteiger partial charge in [0, 0.05) is 10.2 Å². The molecule has 1 aromatic carbocycles. The fraction of sp³-hybridized carbons (Fsp3) is 0.154. The van der Waals surface area contributed by atoms with Crippen LogP contribution in [0.4, 0.5) is 11.4 Å². The van der Waals surface area contributed by atoms with E-state index in [4.69, 9.17) is 5.73 Å². The summed E-state index contributed by atoms with van der Waals surface area (Å²) in [5, 5.41) is 4.81. The molecule has 2 rings (SSSR count). The molecule has 0 aliphatic rings. The molecular formula is C13H13BrN2OS. The number of hydrogen-bond donors (Lipinski definition) is 2. The third-order valence-corrected chi connectivity index (χ3v) is 4.22. The highest BCUT2D eigenvalue weighted by atomic mass is 79.9. The highest BCUT2D eigenvalue weighted by Crippen LogP contribution is 2.26. The van der Waals surface area contributed by atoms with E-state index in [1.54, 1.807) is 12.1 Å². The van der Waals surface area contributed by atoms with Crippen LogP contribution in [0.3, 0.4) is 0 Å². The smallest absolute Gasteiger partial charge is 0.266 e. The summed E-state index contributed by atoms with van der Waals surface area (Å²) in [6.45, 7) is 2.04. The highest BCUT2D eigenvalue weighted by Gasteiger charge is 2.13. The lowest BCUT2D eigenvalue weighted by atomic mass is 10.2. The molecule has 0 spiro atoms. The second kappa shape index (κ2) is 5.54. The van der Waals surface area contributed by atoms with Crippen LogP contribution in [0, 0.1) is 0 Å². The molecule has 0 atom stereocenters. The van der Waals surface area contributed by atoms with Crippen LogP contribution in [0.25, 0.3) is 0 Å². The van der Waals surface area contributed by atoms with Crippen LogP contribution in [0.2, 0.25) is 0 Å². The molecule has 5 heteroatoms. The van der Waals surface area contributed by atoms with Crippen molar-refractivity contribution in [1.29, 1.82) is 0 Å². The Labute approximate surface area is 118 Å². The van der Waals surface area contributed by atoms with Crippen LogP contribution in [-0.2, 0) is 6.42 Å². The first-order valence-corrected chi connectivity index (χ1v) is 7.21. The minimum Gasteiger partial charge on any atom is -0.399 e. The number of rotatable bonds is 3. The summed E-state index contributed by atoms with van der Waals surface area (Å²) in [5.74, 6) is -0.0897. The van der Waals surface area contributed by atoms with Crippen molar-refractivity contribution in [3.05, 3.63) is 44.6 Å². The van der Waals surface area contributed by atoms with Gasteiger partial charge in [0.15, 0.2) is 0 Å². The first kappa shape index (κ1) is 13.1. The van der Waals surface area contributed by atoms with Crippen molar-refractivity contribution in [2.75, 3.05) is 11.1 Å². The lowest BCUT2D eigenvalue weighted by molar-refractivity contribution is 0.103. The van der Waals surface area contributed by atoms with Crippen LogP contribution in [0.5, 0.6) is 0 Å². The predicted octanol–water partition coefficient (Wildman–Crippen LogP) is 3.91. The van der Waals surface area contributed by atoms with E-state index in [0.29, 0.717) is 11.4 Å². The first-order chi connectivity index (χ1) is 8.61. The van der Waals surface area contributed by atoms with Gasteiger partial charge in [-0.05, 0) is 57.6 Å². The fourth-order valence-corrected chi connectivity index (χ4v) is 2.87. The average Bonchev–Trinajstić information content (AvgIpc) is 2.82. The molecular weight excluding hydrogens is 312 g/mol. The number of hydrogen-bond acceptors (Lipinski definition) is 3. The van der Waals surface area contributed by atoms with Gasteiger partial charge in [-0.2, -0.15) is 0 Å². The van der Waals surface area contributed by atoms with E-state index in [0.717, 1.165) is 21.3 Å². The summed E-state index contributed by atoms with van der Waals surface area (Å²) in [6, 6.07) is 7.32. The van der Waals surface area contributed by atoms with Crippen molar-refractivity contribution in [1.82, 2.24) is 0 Å². The van der Waals surface area contributed by atoms with E-state index in [2.05, 4.69) is 21.2 Å². The van der Waals surface area contributed by atoms with E-state index < -0.39 is 0 Å². The molecule has 0 saturated heterocycles. The standard InChI is InChI=1S/C13H13BrN2OS/c1-2-8-5-6-18-12(8)13(17)16-11-7-9(15)3-4-10(11)14/h3-7H,2,15H2,1H3,(H,16,17). The van der Waals surface area contributed by atoms with Gasteiger partial charge in [0.1, 0.15) is 0 Å². The second-order valence-corrected chi connectivity index (χ2v) is 5.59. The molecule has 0 unspecified atom stereocenters. The second-order valence-electron chi connectivity index (χ2n) is 3.82. The molecule has 0 saturated carbocycles. The van der Waals surface area contributed by atoms with E-state index in [1.165, 1.54) is 11.3 Å². The molecule has 0 aliphatic carbocycles. The summed E-state index contributed by atoms with van der Waals surface area (Å²) < 4.78 is 0.819. The third kappa shape index (κ3) is 2.73. The molecule has 2 aromatic rings. The van der Waals surface area contributed by atoms with Crippen molar-refractivity contribution in [2.45, 2.75) is 13.3 Å². The maximum atomic E-state index is 12.2. The number of aryl methyl sites for hydroxylation is 1. The maximum Gasteiger partial charge on any atom is 0.266 e. The van der Waals surface area contributed by atoms with Crippen molar-refractivity contribution in [3.8, 4) is 0 Å². The molecule has 0 radical (unpaired) electrons. The lowest BCUT2D eigenvalue weighted by Crippen LogP contribution is -2.12. The minimum atomic E-state index is -0.0897. The fourth-order valence-electron chi connectivity index (χ4n) is 1.63.